The number of benzene rings is 1. The number of aryl methyl sites for hydroxylation is 2. The first kappa shape index (κ1) is 15.4. The van der Waals surface area contributed by atoms with Crippen molar-refractivity contribution in [1.82, 2.24) is 9.55 Å². The minimum atomic E-state index is 0.490. The summed E-state index contributed by atoms with van der Waals surface area (Å²) in [6, 6.07) is 6.30. The van der Waals surface area contributed by atoms with Gasteiger partial charge in [0.15, 0.2) is 0 Å². The van der Waals surface area contributed by atoms with Gasteiger partial charge in [-0.1, -0.05) is 51.2 Å². The summed E-state index contributed by atoms with van der Waals surface area (Å²) < 4.78 is 2.32. The summed E-state index contributed by atoms with van der Waals surface area (Å²) in [4.78, 5) is 4.65. The minimum Gasteiger partial charge on any atom is -0.327 e. The second-order valence-electron chi connectivity index (χ2n) is 5.52. The molecule has 1 heterocycles. The quantitative estimate of drug-likeness (QED) is 0.468. The van der Waals surface area contributed by atoms with Crippen molar-refractivity contribution in [3.05, 3.63) is 29.6 Å². The number of nitrogens with zero attached hydrogens (tertiary/aromatic N) is 2. The Kier molecular flexibility index (Phi) is 5.90. The van der Waals surface area contributed by atoms with Crippen molar-refractivity contribution in [3.8, 4) is 0 Å². The van der Waals surface area contributed by atoms with Crippen molar-refractivity contribution in [2.24, 2.45) is 0 Å². The number of imidazole rings is 1. The molecule has 0 bridgehead atoms. The average Bonchev–Trinajstić information content (AvgIpc) is 2.82. The van der Waals surface area contributed by atoms with Crippen LogP contribution in [-0.4, -0.2) is 9.55 Å². The lowest BCUT2D eigenvalue weighted by molar-refractivity contribution is 0.557. The molecule has 0 atom stereocenters. The number of aromatic nitrogens is 2. The maximum Gasteiger partial charge on any atom is 0.124 e. The van der Waals surface area contributed by atoms with Crippen LogP contribution >= 0.6 is 11.6 Å². The maximum atomic E-state index is 6.05. The SMILES string of the molecule is CCCCCCCCn1c(CCl)nc2cccc(C)c21. The topological polar surface area (TPSA) is 17.8 Å². The fraction of sp³-hybridized carbons (Fsp3) is 0.588. The number of halogens is 1. The fourth-order valence-electron chi connectivity index (χ4n) is 2.81. The van der Waals surface area contributed by atoms with Crippen LogP contribution in [0.4, 0.5) is 0 Å². The largest absolute Gasteiger partial charge is 0.327 e. The van der Waals surface area contributed by atoms with Crippen molar-refractivity contribution in [1.29, 1.82) is 0 Å². The first-order valence-corrected chi connectivity index (χ1v) is 8.32. The Labute approximate surface area is 127 Å². The van der Waals surface area contributed by atoms with E-state index < -0.39 is 0 Å². The highest BCUT2D eigenvalue weighted by Crippen LogP contribution is 2.22. The van der Waals surface area contributed by atoms with Crippen LogP contribution in [0.1, 0.15) is 56.8 Å². The molecule has 3 heteroatoms. The summed E-state index contributed by atoms with van der Waals surface area (Å²) >= 11 is 6.05. The average molecular weight is 293 g/mol. The summed E-state index contributed by atoms with van der Waals surface area (Å²) in [6.45, 7) is 5.45. The van der Waals surface area contributed by atoms with Crippen LogP contribution in [0.15, 0.2) is 18.2 Å². The summed E-state index contributed by atoms with van der Waals surface area (Å²) in [7, 11) is 0. The summed E-state index contributed by atoms with van der Waals surface area (Å²) in [5.74, 6) is 1.49. The van der Waals surface area contributed by atoms with Crippen LogP contribution in [0.3, 0.4) is 0 Å². The molecular formula is C17H25ClN2. The molecule has 0 saturated carbocycles. The van der Waals surface area contributed by atoms with Gasteiger partial charge in [0.2, 0.25) is 0 Å². The van der Waals surface area contributed by atoms with E-state index in [0.717, 1.165) is 17.9 Å². The van der Waals surface area contributed by atoms with Gasteiger partial charge in [0.25, 0.3) is 0 Å². The summed E-state index contributed by atoms with van der Waals surface area (Å²) in [5, 5.41) is 0. The highest BCUT2D eigenvalue weighted by Gasteiger charge is 2.11. The highest BCUT2D eigenvalue weighted by molar-refractivity contribution is 6.16. The molecule has 0 unspecified atom stereocenters. The zero-order valence-electron chi connectivity index (χ0n) is 12.7. The molecule has 0 saturated heterocycles. The summed E-state index contributed by atoms with van der Waals surface area (Å²) in [6.07, 6.45) is 7.89. The Hall–Kier alpha value is -1.02. The van der Waals surface area contributed by atoms with Gasteiger partial charge < -0.3 is 4.57 Å². The molecule has 0 aliphatic carbocycles. The first-order valence-electron chi connectivity index (χ1n) is 7.78. The van der Waals surface area contributed by atoms with Crippen LogP contribution in [0, 0.1) is 6.92 Å². The lowest BCUT2D eigenvalue weighted by Gasteiger charge is -2.09. The monoisotopic (exact) mass is 292 g/mol. The Morgan fingerprint density at radius 2 is 1.85 bits per heavy atom. The molecule has 0 fully saturated rings. The van der Waals surface area contributed by atoms with Crippen molar-refractivity contribution in [3.63, 3.8) is 0 Å². The van der Waals surface area contributed by atoms with E-state index in [1.54, 1.807) is 0 Å². The van der Waals surface area contributed by atoms with Gasteiger partial charge in [-0.2, -0.15) is 0 Å². The van der Waals surface area contributed by atoms with Crippen LogP contribution in [0.5, 0.6) is 0 Å². The van der Waals surface area contributed by atoms with E-state index in [4.69, 9.17) is 11.6 Å². The van der Waals surface area contributed by atoms with Crippen molar-refractivity contribution in [2.75, 3.05) is 0 Å². The van der Waals surface area contributed by atoms with Gasteiger partial charge in [0.1, 0.15) is 5.82 Å². The molecule has 0 aliphatic heterocycles. The maximum absolute atomic E-state index is 6.05. The predicted molar refractivity (Wildman–Crippen MR) is 87.4 cm³/mol. The second-order valence-corrected chi connectivity index (χ2v) is 5.79. The third-order valence-electron chi connectivity index (χ3n) is 3.90. The van der Waals surface area contributed by atoms with Crippen LogP contribution < -0.4 is 0 Å². The van der Waals surface area contributed by atoms with Gasteiger partial charge in [-0.3, -0.25) is 0 Å². The molecule has 1 aromatic carbocycles. The Balaban J connectivity index is 2.04. The van der Waals surface area contributed by atoms with Crippen LogP contribution in [0.2, 0.25) is 0 Å². The molecule has 110 valence electrons. The zero-order valence-corrected chi connectivity index (χ0v) is 13.4. The highest BCUT2D eigenvalue weighted by atomic mass is 35.5. The number of rotatable bonds is 8. The number of para-hydroxylation sites is 1. The number of hydrogen-bond acceptors (Lipinski definition) is 1. The lowest BCUT2D eigenvalue weighted by atomic mass is 10.1. The molecule has 1 aromatic heterocycles. The Morgan fingerprint density at radius 1 is 1.10 bits per heavy atom. The molecule has 2 rings (SSSR count). The Morgan fingerprint density at radius 3 is 2.60 bits per heavy atom. The number of hydrogen-bond donors (Lipinski definition) is 0. The fourth-order valence-corrected chi connectivity index (χ4v) is 3.01. The molecule has 0 radical (unpaired) electrons. The molecule has 2 nitrogen and oxygen atoms in total. The van der Waals surface area contributed by atoms with E-state index in [-0.39, 0.29) is 0 Å². The summed E-state index contributed by atoms with van der Waals surface area (Å²) in [5.41, 5.74) is 3.63. The smallest absolute Gasteiger partial charge is 0.124 e. The third kappa shape index (κ3) is 3.54. The Bertz CT molecular complexity index is 545. The molecule has 0 amide bonds. The number of fused-ring (bicyclic) bond motifs is 1. The lowest BCUT2D eigenvalue weighted by Crippen LogP contribution is -2.03. The van der Waals surface area contributed by atoms with Crippen molar-refractivity contribution < 1.29 is 0 Å². The van der Waals surface area contributed by atoms with Crippen molar-refractivity contribution >= 4 is 22.6 Å². The standard InChI is InChI=1S/C17H25ClN2/c1-3-4-5-6-7-8-12-20-16(13-18)19-15-11-9-10-14(2)17(15)20/h9-11H,3-8,12-13H2,1-2H3. The van der Waals surface area contributed by atoms with E-state index in [1.807, 2.05) is 0 Å². The molecule has 2 aromatic rings. The zero-order chi connectivity index (χ0) is 14.4. The van der Waals surface area contributed by atoms with Gasteiger partial charge in [0.05, 0.1) is 16.9 Å². The molecular weight excluding hydrogens is 268 g/mol. The minimum absolute atomic E-state index is 0.490. The first-order chi connectivity index (χ1) is 9.77. The second kappa shape index (κ2) is 7.68. The van der Waals surface area contributed by atoms with E-state index >= 15 is 0 Å². The van der Waals surface area contributed by atoms with E-state index in [0.29, 0.717) is 5.88 Å². The predicted octanol–water partition coefficient (Wildman–Crippen LogP) is 5.44. The normalized spacial score (nSPS) is 11.3. The molecule has 0 N–H and O–H groups in total. The van der Waals surface area contributed by atoms with E-state index in [2.05, 4.69) is 41.6 Å². The van der Waals surface area contributed by atoms with Gasteiger partial charge in [0, 0.05) is 6.54 Å². The van der Waals surface area contributed by atoms with Gasteiger partial charge in [-0.15, -0.1) is 11.6 Å². The van der Waals surface area contributed by atoms with Crippen LogP contribution in [0.25, 0.3) is 11.0 Å². The molecule has 0 aliphatic rings. The van der Waals surface area contributed by atoms with E-state index in [9.17, 15) is 0 Å². The van der Waals surface area contributed by atoms with Crippen LogP contribution in [-0.2, 0) is 12.4 Å². The van der Waals surface area contributed by atoms with Gasteiger partial charge >= 0.3 is 0 Å². The molecule has 0 spiro atoms. The number of unbranched alkanes of at least 4 members (excludes halogenated alkanes) is 5. The number of alkyl halides is 1. The van der Waals surface area contributed by atoms with Crippen molar-refractivity contribution in [2.45, 2.75) is 64.8 Å². The van der Waals surface area contributed by atoms with Gasteiger partial charge in [-0.05, 0) is 25.0 Å². The van der Waals surface area contributed by atoms with E-state index in [1.165, 1.54) is 49.6 Å². The third-order valence-corrected chi connectivity index (χ3v) is 4.14. The van der Waals surface area contributed by atoms with Gasteiger partial charge in [-0.25, -0.2) is 4.98 Å². The molecule has 20 heavy (non-hydrogen) atoms.